The number of fused-ring (bicyclic) bond motifs is 1. The molecule has 7 nitrogen and oxygen atoms in total. The Morgan fingerprint density at radius 1 is 0.875 bits per heavy atom. The molecule has 0 amide bonds. The van der Waals surface area contributed by atoms with Crippen molar-refractivity contribution in [1.82, 2.24) is 4.90 Å². The number of hydrogen-bond donors (Lipinski definition) is 1. The second-order valence-corrected chi connectivity index (χ2v) is 11.3. The predicted octanol–water partition coefficient (Wildman–Crippen LogP) is 5.54. The van der Waals surface area contributed by atoms with Crippen molar-refractivity contribution in [1.29, 1.82) is 0 Å². The molecule has 4 aromatic carbocycles. The van der Waals surface area contributed by atoms with Gasteiger partial charge in [-0.1, -0.05) is 105 Å². The zero-order valence-corrected chi connectivity index (χ0v) is 24.3. The van der Waals surface area contributed by atoms with Gasteiger partial charge >= 0.3 is 5.97 Å². The lowest BCUT2D eigenvalue weighted by Crippen LogP contribution is -2.44. The summed E-state index contributed by atoms with van der Waals surface area (Å²) in [4.78, 5) is 14.4. The minimum atomic E-state index is -4.09. The van der Waals surface area contributed by atoms with E-state index in [1.54, 1.807) is 12.1 Å². The summed E-state index contributed by atoms with van der Waals surface area (Å²) < 4.78 is 36.7. The van der Waals surface area contributed by atoms with Crippen LogP contribution in [0.4, 0.5) is 0 Å². The smallest absolute Gasteiger partial charge is 0.306 e. The molecule has 40 heavy (non-hydrogen) atoms. The summed E-state index contributed by atoms with van der Waals surface area (Å²) in [5, 5.41) is 1.74. The van der Waals surface area contributed by atoms with Gasteiger partial charge in [-0.2, -0.15) is 8.42 Å². The van der Waals surface area contributed by atoms with Crippen molar-refractivity contribution >= 4 is 26.9 Å². The van der Waals surface area contributed by atoms with Gasteiger partial charge in [0.05, 0.1) is 4.90 Å². The number of nitrogens with zero attached hydrogens (tertiary/aromatic N) is 1. The van der Waals surface area contributed by atoms with Crippen LogP contribution in [-0.4, -0.2) is 50.0 Å². The normalized spacial score (nSPS) is 13.3. The lowest BCUT2D eigenvalue weighted by molar-refractivity contribution is -0.168. The Morgan fingerprint density at radius 3 is 1.98 bits per heavy atom. The van der Waals surface area contributed by atoms with Crippen molar-refractivity contribution in [3.8, 4) is 0 Å². The topological polar surface area (TPSA) is 115 Å². The number of carbonyl (C=O) groups excluding carboxylic acids is 1. The first-order chi connectivity index (χ1) is 18.5. The molecule has 4 aromatic rings. The van der Waals surface area contributed by atoms with Crippen molar-refractivity contribution in [3.05, 3.63) is 114 Å². The quantitative estimate of drug-likeness (QED) is 0.211. The predicted molar refractivity (Wildman–Crippen MR) is 160 cm³/mol. The summed E-state index contributed by atoms with van der Waals surface area (Å²) >= 11 is 0. The van der Waals surface area contributed by atoms with E-state index in [0.717, 1.165) is 22.9 Å². The molecule has 214 valence electrons. The molecule has 0 unspecified atom stereocenters. The third-order valence-corrected chi connectivity index (χ3v) is 7.46. The van der Waals surface area contributed by atoms with Crippen LogP contribution in [0.5, 0.6) is 0 Å². The van der Waals surface area contributed by atoms with E-state index in [1.807, 2.05) is 61.5 Å². The number of rotatable bonds is 9. The Labute approximate surface area is 237 Å². The standard InChI is InChI=1S/C22H29NO2.C10H8O3S.H2O/c1-5-21(24)25-22(18(2)17-23(3)4,20-14-10-7-11-15-20)16-19-12-8-6-9-13-19;11-14(12,13)10-6-5-8-3-1-2-4-9(8)7-10;/h6-15,18H,5,16-17H2,1-4H3;1-7H,(H,11,12,13);1H2/t18-,22+;;/m1../s1. The van der Waals surface area contributed by atoms with Crippen LogP contribution in [-0.2, 0) is 31.7 Å². The average Bonchev–Trinajstić information content (AvgIpc) is 2.92. The summed E-state index contributed by atoms with van der Waals surface area (Å²) in [6.45, 7) is 4.84. The Kier molecular flexibility index (Phi) is 12.0. The third-order valence-electron chi connectivity index (χ3n) is 6.61. The van der Waals surface area contributed by atoms with Gasteiger partial charge in [0.15, 0.2) is 0 Å². The molecule has 0 fully saturated rings. The van der Waals surface area contributed by atoms with Crippen molar-refractivity contribution in [2.45, 2.75) is 37.2 Å². The maximum atomic E-state index is 12.3. The molecule has 0 aliphatic rings. The average molecular weight is 566 g/mol. The zero-order chi connectivity index (χ0) is 28.5. The van der Waals surface area contributed by atoms with Crippen LogP contribution in [0.25, 0.3) is 10.8 Å². The lowest BCUT2D eigenvalue weighted by Gasteiger charge is -2.40. The van der Waals surface area contributed by atoms with Gasteiger partial charge in [-0.05, 0) is 48.1 Å². The number of benzene rings is 4. The second-order valence-electron chi connectivity index (χ2n) is 9.89. The summed E-state index contributed by atoms with van der Waals surface area (Å²) in [5.41, 5.74) is 1.54. The summed E-state index contributed by atoms with van der Waals surface area (Å²) in [6.07, 6.45) is 1.04. The van der Waals surface area contributed by atoms with E-state index in [9.17, 15) is 13.2 Å². The molecule has 0 radical (unpaired) electrons. The molecule has 3 N–H and O–H groups in total. The Hall–Kier alpha value is -3.56. The number of carbonyl (C=O) groups is 1. The summed E-state index contributed by atoms with van der Waals surface area (Å²) in [7, 11) is 0.00971. The SMILES string of the molecule is CCC(=O)O[C@](Cc1ccccc1)(c1ccccc1)[C@H](C)CN(C)C.O.O=S(=O)(O)c1ccc2ccccc2c1. The van der Waals surface area contributed by atoms with E-state index in [-0.39, 0.29) is 22.3 Å². The fourth-order valence-electron chi connectivity index (χ4n) is 4.67. The molecule has 8 heteroatoms. The van der Waals surface area contributed by atoms with Crippen LogP contribution in [0.1, 0.15) is 31.4 Å². The maximum Gasteiger partial charge on any atom is 0.306 e. The fourth-order valence-corrected chi connectivity index (χ4v) is 5.19. The number of hydrogen-bond acceptors (Lipinski definition) is 5. The first-order valence-electron chi connectivity index (χ1n) is 13.0. The lowest BCUT2D eigenvalue weighted by atomic mass is 9.77. The Balaban J connectivity index is 0.000000316. The zero-order valence-electron chi connectivity index (χ0n) is 23.4. The van der Waals surface area contributed by atoms with Gasteiger partial charge in [-0.25, -0.2) is 0 Å². The molecule has 0 bridgehead atoms. The van der Waals surface area contributed by atoms with Gasteiger partial charge in [0.1, 0.15) is 5.60 Å². The summed E-state index contributed by atoms with van der Waals surface area (Å²) in [6, 6.07) is 32.3. The molecule has 4 rings (SSSR count). The molecular formula is C32H39NO6S. The molecule has 0 heterocycles. The van der Waals surface area contributed by atoms with E-state index in [2.05, 4.69) is 50.2 Å². The third kappa shape index (κ3) is 8.72. The van der Waals surface area contributed by atoms with E-state index in [4.69, 9.17) is 9.29 Å². The highest BCUT2D eigenvalue weighted by molar-refractivity contribution is 7.85. The highest BCUT2D eigenvalue weighted by atomic mass is 32.2. The monoisotopic (exact) mass is 565 g/mol. The number of esters is 1. The van der Waals surface area contributed by atoms with Gasteiger partial charge < -0.3 is 15.1 Å². The van der Waals surface area contributed by atoms with Gasteiger partial charge in [0.25, 0.3) is 10.1 Å². The first-order valence-corrected chi connectivity index (χ1v) is 14.4. The van der Waals surface area contributed by atoms with E-state index < -0.39 is 15.7 Å². The molecular weight excluding hydrogens is 526 g/mol. The highest BCUT2D eigenvalue weighted by Crippen LogP contribution is 2.38. The van der Waals surface area contributed by atoms with Gasteiger partial charge in [0, 0.05) is 25.3 Å². The van der Waals surface area contributed by atoms with Crippen molar-refractivity contribution in [3.63, 3.8) is 0 Å². The second kappa shape index (κ2) is 14.7. The molecule has 0 aliphatic carbocycles. The molecule has 0 aliphatic heterocycles. The maximum absolute atomic E-state index is 12.3. The molecule has 0 spiro atoms. The first kappa shape index (κ1) is 32.7. The van der Waals surface area contributed by atoms with Crippen molar-refractivity contribution in [2.75, 3.05) is 20.6 Å². The van der Waals surface area contributed by atoms with E-state index in [0.29, 0.717) is 12.8 Å². The minimum Gasteiger partial charge on any atom is -0.453 e. The van der Waals surface area contributed by atoms with Gasteiger partial charge in [-0.15, -0.1) is 0 Å². The van der Waals surface area contributed by atoms with E-state index >= 15 is 0 Å². The van der Waals surface area contributed by atoms with Gasteiger partial charge in [-0.3, -0.25) is 9.35 Å². The van der Waals surface area contributed by atoms with Crippen LogP contribution in [0.15, 0.2) is 108 Å². The fraction of sp³-hybridized carbons (Fsp3) is 0.281. The van der Waals surface area contributed by atoms with Crippen LogP contribution in [0, 0.1) is 5.92 Å². The largest absolute Gasteiger partial charge is 0.453 e. The van der Waals surface area contributed by atoms with Crippen molar-refractivity contribution < 1.29 is 28.0 Å². The van der Waals surface area contributed by atoms with Crippen LogP contribution in [0.3, 0.4) is 0 Å². The minimum absolute atomic E-state index is 0. The summed E-state index contributed by atoms with van der Waals surface area (Å²) in [5.74, 6) is -0.0222. The molecule has 0 saturated heterocycles. The highest BCUT2D eigenvalue weighted by Gasteiger charge is 2.42. The molecule has 0 aromatic heterocycles. The van der Waals surface area contributed by atoms with Crippen LogP contribution < -0.4 is 0 Å². The Morgan fingerprint density at radius 2 is 1.43 bits per heavy atom. The molecule has 2 atom stereocenters. The van der Waals surface area contributed by atoms with Crippen LogP contribution >= 0.6 is 0 Å². The van der Waals surface area contributed by atoms with Crippen molar-refractivity contribution in [2.24, 2.45) is 5.92 Å². The van der Waals surface area contributed by atoms with Crippen LogP contribution in [0.2, 0.25) is 0 Å². The molecule has 0 saturated carbocycles. The Bertz CT molecular complexity index is 1460. The number of ether oxygens (including phenoxy) is 1. The van der Waals surface area contributed by atoms with E-state index in [1.165, 1.54) is 17.7 Å². The van der Waals surface area contributed by atoms with Gasteiger partial charge in [0.2, 0.25) is 0 Å².